The number of ether oxygens (including phenoxy) is 2. The molecule has 1 fully saturated rings. The molecule has 0 saturated heterocycles. The molecule has 1 aromatic carbocycles. The predicted octanol–water partition coefficient (Wildman–Crippen LogP) is 3.22. The predicted molar refractivity (Wildman–Crippen MR) is 83.9 cm³/mol. The fourth-order valence-electron chi connectivity index (χ4n) is 2.99. The average molecular weight is 302 g/mol. The summed E-state index contributed by atoms with van der Waals surface area (Å²) < 4.78 is 10.3. The van der Waals surface area contributed by atoms with E-state index in [2.05, 4.69) is 6.58 Å². The number of esters is 2. The summed E-state index contributed by atoms with van der Waals surface area (Å²) in [6.07, 6.45) is 1.17. The highest BCUT2D eigenvalue weighted by Gasteiger charge is 2.61. The van der Waals surface area contributed by atoms with Crippen molar-refractivity contribution in [3.8, 4) is 0 Å². The van der Waals surface area contributed by atoms with Gasteiger partial charge >= 0.3 is 11.9 Å². The summed E-state index contributed by atoms with van der Waals surface area (Å²) in [4.78, 5) is 24.9. The summed E-state index contributed by atoms with van der Waals surface area (Å²) in [5.74, 6) is -1.27. The maximum absolute atomic E-state index is 12.4. The molecule has 0 amide bonds. The lowest BCUT2D eigenvalue weighted by Gasteiger charge is -2.45. The van der Waals surface area contributed by atoms with Gasteiger partial charge in [0.2, 0.25) is 0 Å². The highest BCUT2D eigenvalue weighted by Crippen LogP contribution is 2.54. The van der Waals surface area contributed by atoms with E-state index < -0.39 is 17.4 Å². The fraction of sp³-hybridized carbons (Fsp3) is 0.444. The SMILES string of the molecule is C=C(c1ccccc1)C1CCC1(C(=O)OCC)C(=O)OCC. The second kappa shape index (κ2) is 6.77. The van der Waals surface area contributed by atoms with Gasteiger partial charge in [-0.2, -0.15) is 0 Å². The molecule has 1 aromatic rings. The second-order valence-electron chi connectivity index (χ2n) is 5.39. The molecule has 0 heterocycles. The molecular formula is C18H22O4. The average Bonchev–Trinajstić information content (AvgIpc) is 2.48. The molecule has 0 spiro atoms. The Balaban J connectivity index is 2.32. The highest BCUT2D eigenvalue weighted by molar-refractivity contribution is 6.03. The van der Waals surface area contributed by atoms with Crippen LogP contribution in [0.3, 0.4) is 0 Å². The molecule has 1 aliphatic rings. The lowest BCUT2D eigenvalue weighted by molar-refractivity contribution is -0.183. The Bertz CT molecular complexity index is 544. The second-order valence-corrected chi connectivity index (χ2v) is 5.39. The first-order valence-electron chi connectivity index (χ1n) is 7.66. The number of rotatable bonds is 6. The summed E-state index contributed by atoms with van der Waals surface area (Å²) in [7, 11) is 0. The van der Waals surface area contributed by atoms with Crippen molar-refractivity contribution < 1.29 is 19.1 Å². The molecule has 2 rings (SSSR count). The highest BCUT2D eigenvalue weighted by atomic mass is 16.6. The minimum Gasteiger partial charge on any atom is -0.465 e. The third-order valence-electron chi connectivity index (χ3n) is 4.27. The van der Waals surface area contributed by atoms with Crippen molar-refractivity contribution in [3.05, 3.63) is 42.5 Å². The standard InChI is InChI=1S/C18H22O4/c1-4-21-16(19)18(17(20)22-5-2)12-11-15(18)13(3)14-9-7-6-8-10-14/h6-10,15H,3-5,11-12H2,1-2H3. The van der Waals surface area contributed by atoms with Crippen LogP contribution in [0.5, 0.6) is 0 Å². The molecule has 1 unspecified atom stereocenters. The maximum atomic E-state index is 12.4. The molecule has 1 atom stereocenters. The van der Waals surface area contributed by atoms with Crippen molar-refractivity contribution in [3.63, 3.8) is 0 Å². The van der Waals surface area contributed by atoms with Gasteiger partial charge in [-0.25, -0.2) is 0 Å². The molecule has 22 heavy (non-hydrogen) atoms. The van der Waals surface area contributed by atoms with Crippen LogP contribution >= 0.6 is 0 Å². The van der Waals surface area contributed by atoms with Gasteiger partial charge in [0.15, 0.2) is 5.41 Å². The van der Waals surface area contributed by atoms with Gasteiger partial charge in [0.05, 0.1) is 13.2 Å². The van der Waals surface area contributed by atoms with Crippen molar-refractivity contribution in [1.29, 1.82) is 0 Å². The quantitative estimate of drug-likeness (QED) is 0.598. The van der Waals surface area contributed by atoms with Crippen LogP contribution in [-0.4, -0.2) is 25.2 Å². The Hall–Kier alpha value is -2.10. The smallest absolute Gasteiger partial charge is 0.324 e. The largest absolute Gasteiger partial charge is 0.465 e. The van der Waals surface area contributed by atoms with Gasteiger partial charge in [0.1, 0.15) is 0 Å². The van der Waals surface area contributed by atoms with E-state index in [0.717, 1.165) is 17.6 Å². The Morgan fingerprint density at radius 3 is 2.09 bits per heavy atom. The first kappa shape index (κ1) is 16.3. The molecule has 4 heteroatoms. The van der Waals surface area contributed by atoms with Gasteiger partial charge in [-0.3, -0.25) is 9.59 Å². The van der Waals surface area contributed by atoms with Crippen molar-refractivity contribution >= 4 is 17.5 Å². The maximum Gasteiger partial charge on any atom is 0.324 e. The number of hydrogen-bond acceptors (Lipinski definition) is 4. The monoisotopic (exact) mass is 302 g/mol. The Labute approximate surface area is 131 Å². The van der Waals surface area contributed by atoms with E-state index >= 15 is 0 Å². The van der Waals surface area contributed by atoms with E-state index in [1.807, 2.05) is 30.3 Å². The summed E-state index contributed by atoms with van der Waals surface area (Å²) >= 11 is 0. The molecule has 0 N–H and O–H groups in total. The Kier molecular flexibility index (Phi) is 5.01. The summed E-state index contributed by atoms with van der Waals surface area (Å²) in [6, 6.07) is 9.61. The molecule has 1 aliphatic carbocycles. The number of carbonyl (C=O) groups is 2. The van der Waals surface area contributed by atoms with Crippen LogP contribution < -0.4 is 0 Å². The molecule has 1 saturated carbocycles. The van der Waals surface area contributed by atoms with Crippen LogP contribution in [0.15, 0.2) is 36.9 Å². The van der Waals surface area contributed by atoms with Crippen molar-refractivity contribution in [1.82, 2.24) is 0 Å². The molecule has 118 valence electrons. The van der Waals surface area contributed by atoms with E-state index in [1.165, 1.54) is 0 Å². The van der Waals surface area contributed by atoms with Gasteiger partial charge in [0.25, 0.3) is 0 Å². The molecule has 0 radical (unpaired) electrons. The summed E-state index contributed by atoms with van der Waals surface area (Å²) in [6.45, 7) is 8.06. The minimum absolute atomic E-state index is 0.241. The molecule has 0 aromatic heterocycles. The zero-order valence-electron chi connectivity index (χ0n) is 13.1. The lowest BCUT2D eigenvalue weighted by Crippen LogP contribution is -2.54. The van der Waals surface area contributed by atoms with Gasteiger partial charge in [-0.1, -0.05) is 36.9 Å². The zero-order valence-corrected chi connectivity index (χ0v) is 13.1. The molecule has 0 bridgehead atoms. The van der Waals surface area contributed by atoms with Crippen molar-refractivity contribution in [2.75, 3.05) is 13.2 Å². The van der Waals surface area contributed by atoms with E-state index in [-0.39, 0.29) is 19.1 Å². The molecule has 0 aliphatic heterocycles. The minimum atomic E-state index is -1.24. The normalized spacial score (nSPS) is 18.9. The van der Waals surface area contributed by atoms with Crippen LogP contribution in [0.4, 0.5) is 0 Å². The summed E-state index contributed by atoms with van der Waals surface area (Å²) in [5, 5.41) is 0. The van der Waals surface area contributed by atoms with E-state index in [4.69, 9.17) is 9.47 Å². The topological polar surface area (TPSA) is 52.6 Å². The Morgan fingerprint density at radius 1 is 1.14 bits per heavy atom. The van der Waals surface area contributed by atoms with Crippen molar-refractivity contribution in [2.24, 2.45) is 11.3 Å². The van der Waals surface area contributed by atoms with E-state index in [1.54, 1.807) is 13.8 Å². The number of allylic oxidation sites excluding steroid dienone is 1. The van der Waals surface area contributed by atoms with Gasteiger partial charge < -0.3 is 9.47 Å². The van der Waals surface area contributed by atoms with Gasteiger partial charge in [-0.15, -0.1) is 0 Å². The van der Waals surface area contributed by atoms with Crippen LogP contribution in [-0.2, 0) is 19.1 Å². The first-order chi connectivity index (χ1) is 10.6. The number of carbonyl (C=O) groups excluding carboxylic acids is 2. The number of hydrogen-bond donors (Lipinski definition) is 0. The van der Waals surface area contributed by atoms with E-state index in [0.29, 0.717) is 6.42 Å². The van der Waals surface area contributed by atoms with Crippen molar-refractivity contribution in [2.45, 2.75) is 26.7 Å². The fourth-order valence-corrected chi connectivity index (χ4v) is 2.99. The molecule has 4 nitrogen and oxygen atoms in total. The molecular weight excluding hydrogens is 280 g/mol. The third-order valence-corrected chi connectivity index (χ3v) is 4.27. The first-order valence-corrected chi connectivity index (χ1v) is 7.66. The third kappa shape index (κ3) is 2.65. The van der Waals surface area contributed by atoms with Crippen LogP contribution in [0.1, 0.15) is 32.3 Å². The Morgan fingerprint density at radius 2 is 1.68 bits per heavy atom. The number of benzene rings is 1. The summed E-state index contributed by atoms with van der Waals surface area (Å²) in [5.41, 5.74) is 0.483. The zero-order chi connectivity index (χ0) is 16.2. The van der Waals surface area contributed by atoms with Gasteiger partial charge in [0, 0.05) is 5.92 Å². The van der Waals surface area contributed by atoms with Crippen LogP contribution in [0.2, 0.25) is 0 Å². The van der Waals surface area contributed by atoms with Crippen LogP contribution in [0.25, 0.3) is 5.57 Å². The van der Waals surface area contributed by atoms with Crippen LogP contribution in [0, 0.1) is 11.3 Å². The van der Waals surface area contributed by atoms with E-state index in [9.17, 15) is 9.59 Å². The van der Waals surface area contributed by atoms with Gasteiger partial charge in [-0.05, 0) is 37.8 Å². The lowest BCUT2D eigenvalue weighted by atomic mass is 9.56.